The molecule has 2 aromatic carbocycles. The van der Waals surface area contributed by atoms with Crippen LogP contribution in [-0.4, -0.2) is 37.8 Å². The van der Waals surface area contributed by atoms with Gasteiger partial charge in [0.25, 0.3) is 10.0 Å². The number of nitrogens with zero attached hydrogens (tertiary/aromatic N) is 1. The van der Waals surface area contributed by atoms with Crippen LogP contribution in [0, 0.1) is 18.8 Å². The number of carbonyl (C=O) groups excluding carboxylic acids is 2. The first kappa shape index (κ1) is 20.7. The van der Waals surface area contributed by atoms with Crippen molar-refractivity contribution in [1.29, 1.82) is 0 Å². The minimum atomic E-state index is -4.11. The van der Waals surface area contributed by atoms with E-state index in [2.05, 4.69) is 0 Å². The van der Waals surface area contributed by atoms with E-state index in [1.807, 2.05) is 37.3 Å². The Balaban J connectivity index is 1.76. The number of hydrogen-bond acceptors (Lipinski definition) is 6. The molecule has 0 unspecified atom stereocenters. The molecule has 0 radical (unpaired) electrons. The van der Waals surface area contributed by atoms with E-state index in [1.165, 1.54) is 31.0 Å². The molecule has 1 fully saturated rings. The summed E-state index contributed by atoms with van der Waals surface area (Å²) >= 11 is 1.43. The van der Waals surface area contributed by atoms with Crippen LogP contribution in [-0.2, 0) is 24.3 Å². The molecule has 0 aromatic heterocycles. The van der Waals surface area contributed by atoms with Gasteiger partial charge in [0.1, 0.15) is 0 Å². The van der Waals surface area contributed by atoms with E-state index in [0.29, 0.717) is 0 Å². The number of rotatable bonds is 5. The van der Waals surface area contributed by atoms with E-state index in [4.69, 9.17) is 4.74 Å². The highest BCUT2D eigenvalue weighted by Gasteiger charge is 2.54. The number of benzene rings is 2. The minimum absolute atomic E-state index is 0.0308. The number of methoxy groups -OCH3 is 1. The number of carbonyl (C=O) groups is 2. The van der Waals surface area contributed by atoms with Crippen LogP contribution in [0.2, 0.25) is 0 Å². The van der Waals surface area contributed by atoms with Crippen molar-refractivity contribution >= 4 is 33.7 Å². The summed E-state index contributed by atoms with van der Waals surface area (Å²) in [6, 6.07) is 15.0. The number of amides is 1. The molecule has 3 aliphatic rings. The molecule has 1 saturated heterocycles. The van der Waals surface area contributed by atoms with Gasteiger partial charge in [-0.05, 0) is 43.7 Å². The van der Waals surface area contributed by atoms with Crippen LogP contribution in [0.15, 0.2) is 75.4 Å². The predicted molar refractivity (Wildman–Crippen MR) is 113 cm³/mol. The van der Waals surface area contributed by atoms with Gasteiger partial charge in [-0.3, -0.25) is 9.59 Å². The SMILES string of the molecule is COC(=O)[C@@H]1C[C@H]2C(=O)N(S(=O)(=O)c3ccc(C)cc3)[C@@H]1C=C2Sc1ccccc1. The lowest BCUT2D eigenvalue weighted by Gasteiger charge is -2.45. The summed E-state index contributed by atoms with van der Waals surface area (Å²) in [5.41, 5.74) is 0.911. The number of fused-ring (bicyclic) bond motifs is 2. The normalized spacial score (nSPS) is 23.3. The standard InChI is InChI=1S/C22H21NO5S2/c1-14-8-10-16(11-9-14)30(26,27)23-19-13-20(29-15-6-4-3-5-7-15)18(21(23)24)12-17(19)22(25)28-2/h3-11,13,17-19H,12H2,1-2H3/t17-,18-,19-/m1/s1. The lowest BCUT2D eigenvalue weighted by molar-refractivity contribution is -0.152. The topological polar surface area (TPSA) is 80.8 Å². The van der Waals surface area contributed by atoms with Gasteiger partial charge >= 0.3 is 5.97 Å². The fraction of sp³-hybridized carbons (Fsp3) is 0.273. The van der Waals surface area contributed by atoms with Crippen molar-refractivity contribution < 1.29 is 22.7 Å². The summed E-state index contributed by atoms with van der Waals surface area (Å²) in [5, 5.41) is 0. The van der Waals surface area contributed by atoms with E-state index >= 15 is 0 Å². The van der Waals surface area contributed by atoms with Gasteiger partial charge in [-0.15, -0.1) is 0 Å². The molecule has 1 amide bonds. The molecule has 0 saturated carbocycles. The number of esters is 1. The van der Waals surface area contributed by atoms with Crippen molar-refractivity contribution in [2.24, 2.45) is 11.8 Å². The van der Waals surface area contributed by atoms with E-state index in [9.17, 15) is 18.0 Å². The molecule has 2 bridgehead atoms. The van der Waals surface area contributed by atoms with Crippen LogP contribution in [0.3, 0.4) is 0 Å². The number of piperidine rings is 1. The fourth-order valence-corrected chi connectivity index (χ4v) is 6.60. The third kappa shape index (κ3) is 3.54. The molecule has 30 heavy (non-hydrogen) atoms. The number of thioether (sulfide) groups is 1. The zero-order valence-electron chi connectivity index (χ0n) is 16.5. The first-order valence-electron chi connectivity index (χ1n) is 9.50. The Morgan fingerprint density at radius 1 is 1.10 bits per heavy atom. The lowest BCUT2D eigenvalue weighted by Crippen LogP contribution is -2.59. The summed E-state index contributed by atoms with van der Waals surface area (Å²) in [4.78, 5) is 27.4. The van der Waals surface area contributed by atoms with Crippen molar-refractivity contribution in [3.05, 3.63) is 71.1 Å². The quantitative estimate of drug-likeness (QED) is 0.659. The Morgan fingerprint density at radius 3 is 2.40 bits per heavy atom. The highest BCUT2D eigenvalue weighted by molar-refractivity contribution is 8.03. The van der Waals surface area contributed by atoms with Crippen molar-refractivity contribution in [3.63, 3.8) is 0 Å². The summed E-state index contributed by atoms with van der Waals surface area (Å²) < 4.78 is 32.5. The van der Waals surface area contributed by atoms with Crippen LogP contribution in [0.1, 0.15) is 12.0 Å². The van der Waals surface area contributed by atoms with Crippen molar-refractivity contribution in [3.8, 4) is 0 Å². The molecule has 0 spiro atoms. The highest BCUT2D eigenvalue weighted by atomic mass is 32.2. The molecule has 156 valence electrons. The third-order valence-corrected chi connectivity index (χ3v) is 8.40. The van der Waals surface area contributed by atoms with E-state index in [0.717, 1.165) is 19.7 Å². The van der Waals surface area contributed by atoms with Gasteiger partial charge in [0.05, 0.1) is 29.9 Å². The highest BCUT2D eigenvalue weighted by Crippen LogP contribution is 2.47. The van der Waals surface area contributed by atoms with E-state index in [1.54, 1.807) is 18.2 Å². The zero-order valence-corrected chi connectivity index (χ0v) is 18.2. The summed E-state index contributed by atoms with van der Waals surface area (Å²) in [5.74, 6) is -2.44. The molecule has 8 heteroatoms. The molecule has 6 nitrogen and oxygen atoms in total. The second-order valence-corrected chi connectivity index (χ2v) is 10.3. The predicted octanol–water partition coefficient (Wildman–Crippen LogP) is 3.38. The van der Waals surface area contributed by atoms with Crippen LogP contribution in [0.5, 0.6) is 0 Å². The Bertz CT molecular complexity index is 1110. The average Bonchev–Trinajstić information content (AvgIpc) is 2.74. The monoisotopic (exact) mass is 443 g/mol. The van der Waals surface area contributed by atoms with Gasteiger partial charge in [-0.1, -0.05) is 47.7 Å². The maximum absolute atomic E-state index is 13.3. The molecular weight excluding hydrogens is 422 g/mol. The molecular formula is C22H21NO5S2. The Kier molecular flexibility index (Phi) is 5.46. The van der Waals surface area contributed by atoms with Crippen molar-refractivity contribution in [1.82, 2.24) is 4.31 Å². The first-order chi connectivity index (χ1) is 14.3. The van der Waals surface area contributed by atoms with Gasteiger partial charge in [0.15, 0.2) is 0 Å². The molecule has 2 aromatic rings. The van der Waals surface area contributed by atoms with Gasteiger partial charge in [0, 0.05) is 9.80 Å². The van der Waals surface area contributed by atoms with Crippen LogP contribution < -0.4 is 0 Å². The van der Waals surface area contributed by atoms with Gasteiger partial charge in [0.2, 0.25) is 5.91 Å². The van der Waals surface area contributed by atoms with Crippen LogP contribution in [0.4, 0.5) is 0 Å². The average molecular weight is 444 g/mol. The van der Waals surface area contributed by atoms with Gasteiger partial charge < -0.3 is 4.74 Å². The number of ether oxygens (including phenoxy) is 1. The zero-order chi connectivity index (χ0) is 21.5. The summed E-state index contributed by atoms with van der Waals surface area (Å²) in [6.45, 7) is 1.85. The minimum Gasteiger partial charge on any atom is -0.469 e. The third-order valence-electron chi connectivity index (χ3n) is 5.43. The Morgan fingerprint density at radius 2 is 1.77 bits per heavy atom. The molecule has 3 atom stereocenters. The first-order valence-corrected chi connectivity index (χ1v) is 11.8. The lowest BCUT2D eigenvalue weighted by atomic mass is 9.78. The Labute approximate surface area is 180 Å². The maximum Gasteiger partial charge on any atom is 0.311 e. The molecule has 1 aliphatic carbocycles. The Hall–Kier alpha value is -2.58. The van der Waals surface area contributed by atoms with E-state index in [-0.39, 0.29) is 11.3 Å². The van der Waals surface area contributed by atoms with Crippen molar-refractivity contribution in [2.75, 3.05) is 7.11 Å². The number of aryl methyl sites for hydroxylation is 1. The smallest absolute Gasteiger partial charge is 0.311 e. The summed E-state index contributed by atoms with van der Waals surface area (Å²) in [7, 11) is -2.84. The largest absolute Gasteiger partial charge is 0.469 e. The fourth-order valence-electron chi connectivity index (χ4n) is 3.88. The molecule has 0 N–H and O–H groups in total. The van der Waals surface area contributed by atoms with Crippen molar-refractivity contribution in [2.45, 2.75) is 29.2 Å². The molecule has 2 aliphatic heterocycles. The van der Waals surface area contributed by atoms with Gasteiger partial charge in [-0.25, -0.2) is 12.7 Å². The molecule has 5 rings (SSSR count). The van der Waals surface area contributed by atoms with E-state index < -0.39 is 39.8 Å². The maximum atomic E-state index is 13.3. The number of hydrogen-bond donors (Lipinski definition) is 0. The summed E-state index contributed by atoms with van der Waals surface area (Å²) in [6.07, 6.45) is 1.97. The van der Waals surface area contributed by atoms with Crippen LogP contribution in [0.25, 0.3) is 0 Å². The second-order valence-electron chi connectivity index (χ2n) is 7.34. The second kappa shape index (κ2) is 7.92. The molecule has 2 heterocycles. The van der Waals surface area contributed by atoms with Gasteiger partial charge in [-0.2, -0.15) is 0 Å². The number of sulfonamides is 1. The van der Waals surface area contributed by atoms with Crippen LogP contribution >= 0.6 is 11.8 Å².